The number of carbonyl (C=O) groups is 4. The lowest BCUT2D eigenvalue weighted by Gasteiger charge is -2.63. The van der Waals surface area contributed by atoms with Crippen LogP contribution in [-0.2, 0) is 47.8 Å². The first-order valence-corrected chi connectivity index (χ1v) is 16.2. The predicted molar refractivity (Wildman–Crippen MR) is 162 cm³/mol. The summed E-state index contributed by atoms with van der Waals surface area (Å²) < 4.78 is 54.3. The number of alkyl halides is 2. The average molecular weight is 735 g/mol. The van der Waals surface area contributed by atoms with E-state index in [4.69, 9.17) is 18.9 Å². The Bertz CT molecular complexity index is 1460. The van der Waals surface area contributed by atoms with Crippen LogP contribution < -0.4 is 0 Å². The molecule has 4 aliphatic carbocycles. The number of nitrogens with zero attached hydrogens (tertiary/aromatic N) is 2. The minimum atomic E-state index is -2.58. The highest BCUT2D eigenvalue weighted by Crippen LogP contribution is 2.70. The third kappa shape index (κ3) is 7.44. The van der Waals surface area contributed by atoms with Crippen LogP contribution in [0.3, 0.4) is 0 Å². The van der Waals surface area contributed by atoms with Crippen molar-refractivity contribution in [2.45, 2.75) is 75.6 Å². The van der Waals surface area contributed by atoms with Crippen molar-refractivity contribution in [1.29, 1.82) is 0 Å². The topological polar surface area (TPSA) is 250 Å². The van der Waals surface area contributed by atoms with Crippen LogP contribution in [0.1, 0.15) is 46.0 Å². The molecule has 2 N–H and O–H groups in total. The molecule has 0 aromatic rings. The minimum absolute atomic E-state index is 0.0767. The maximum atomic E-state index is 17.6. The van der Waals surface area contributed by atoms with Crippen molar-refractivity contribution < 1.29 is 77.0 Å². The van der Waals surface area contributed by atoms with Gasteiger partial charge in [0.05, 0.1) is 32.5 Å². The van der Waals surface area contributed by atoms with Crippen molar-refractivity contribution >= 4 is 23.5 Å². The van der Waals surface area contributed by atoms with E-state index in [1.54, 1.807) is 0 Å². The summed E-state index contributed by atoms with van der Waals surface area (Å²) in [6.07, 6.45) is -4.59. The second-order valence-electron chi connectivity index (χ2n) is 13.3. The minimum Gasteiger partial charge on any atom is -0.456 e. The van der Waals surface area contributed by atoms with Crippen molar-refractivity contribution in [3.05, 3.63) is 44.0 Å². The Balaban J connectivity index is 1.55. The smallest absolute Gasteiger partial charge is 0.332 e. The number of rotatable bonds is 18. The third-order valence-corrected chi connectivity index (χ3v) is 10.6. The van der Waals surface area contributed by atoms with Crippen LogP contribution >= 0.6 is 0 Å². The summed E-state index contributed by atoms with van der Waals surface area (Å²) in [6.45, 7) is -0.190. The fourth-order valence-corrected chi connectivity index (χ4v) is 8.38. The Kier molecular flexibility index (Phi) is 12.1. The molecule has 4 rings (SSSR count). The molecule has 2 unspecified atom stereocenters. The molecule has 9 atom stereocenters. The van der Waals surface area contributed by atoms with Gasteiger partial charge in [-0.25, -0.2) is 13.6 Å². The molecule has 0 heterocycles. The number of hydrogen-bond acceptors (Lipinski definition) is 16. The lowest BCUT2D eigenvalue weighted by Crippen LogP contribution is -2.71. The first-order valence-electron chi connectivity index (χ1n) is 16.2. The molecule has 51 heavy (non-hydrogen) atoms. The van der Waals surface area contributed by atoms with Gasteiger partial charge < -0.3 is 38.8 Å². The summed E-state index contributed by atoms with van der Waals surface area (Å²) in [7, 11) is 0. The summed E-state index contributed by atoms with van der Waals surface area (Å²) in [5, 5.41) is 41.8. The lowest BCUT2D eigenvalue weighted by atomic mass is 9.44. The van der Waals surface area contributed by atoms with E-state index in [1.165, 1.54) is 19.9 Å². The van der Waals surface area contributed by atoms with Crippen LogP contribution in [0.5, 0.6) is 0 Å². The molecule has 0 amide bonds. The fraction of sp³-hybridized carbons (Fsp3) is 0.742. The summed E-state index contributed by atoms with van der Waals surface area (Å²) in [4.78, 5) is 80.8. The van der Waals surface area contributed by atoms with Gasteiger partial charge >= 0.3 is 11.9 Å². The third-order valence-electron chi connectivity index (χ3n) is 10.6. The largest absolute Gasteiger partial charge is 0.456 e. The van der Waals surface area contributed by atoms with E-state index in [0.717, 1.165) is 12.2 Å². The monoisotopic (exact) mass is 734 g/mol. The molecule has 0 aromatic carbocycles. The van der Waals surface area contributed by atoms with Crippen molar-refractivity contribution in [2.24, 2.45) is 22.7 Å². The molecule has 3 fully saturated rings. The number of esters is 2. The summed E-state index contributed by atoms with van der Waals surface area (Å²) in [5.74, 6) is -6.29. The number of fused-ring (bicyclic) bond motifs is 5. The van der Waals surface area contributed by atoms with E-state index in [-0.39, 0.29) is 38.4 Å². The molecule has 0 bridgehead atoms. The van der Waals surface area contributed by atoms with E-state index in [1.807, 2.05) is 0 Å². The van der Waals surface area contributed by atoms with E-state index >= 15 is 8.78 Å². The molecular formula is C31H40F2N2O16. The van der Waals surface area contributed by atoms with Crippen LogP contribution in [0, 0.1) is 42.9 Å². The molecule has 0 spiro atoms. The number of Topliss-reactive ketones (excluding diaryl/α,β-unsaturated/α-hetero) is 1. The van der Waals surface area contributed by atoms with Gasteiger partial charge in [0, 0.05) is 23.2 Å². The van der Waals surface area contributed by atoms with Gasteiger partial charge in [-0.05, 0) is 56.3 Å². The Hall–Kier alpha value is -4.14. The number of aliphatic hydroxyl groups excluding tert-OH is 2. The number of aliphatic hydroxyl groups is 2. The van der Waals surface area contributed by atoms with Gasteiger partial charge in [-0.15, -0.1) is 20.2 Å². The zero-order chi connectivity index (χ0) is 37.8. The van der Waals surface area contributed by atoms with Gasteiger partial charge in [0.1, 0.15) is 25.5 Å². The number of halogens is 2. The van der Waals surface area contributed by atoms with Crippen molar-refractivity contribution in [2.75, 3.05) is 46.2 Å². The number of ketones is 2. The summed E-state index contributed by atoms with van der Waals surface area (Å²) in [6, 6.07) is 0. The molecule has 0 saturated heterocycles. The second-order valence-corrected chi connectivity index (χ2v) is 13.3. The molecule has 4 aliphatic rings. The molecular weight excluding hydrogens is 694 g/mol. The zero-order valence-electron chi connectivity index (χ0n) is 27.9. The molecule has 0 radical (unpaired) electrons. The van der Waals surface area contributed by atoms with Crippen LogP contribution in [0.2, 0.25) is 0 Å². The van der Waals surface area contributed by atoms with Crippen molar-refractivity contribution in [1.82, 2.24) is 0 Å². The average Bonchev–Trinajstić information content (AvgIpc) is 3.27. The SMILES string of the molecule is C[C@]12C=CC(=O)C=C1[C@@H](F)CC1C3C[C@@H](O)[C@](OC(=O)CCCO[N+](=O)[O-])(C(=O)COC(=O)COCCOCCO[N+](=O)[O-])[C@@]3(C)C[C@H](O)[C@@]12F. The molecule has 284 valence electrons. The number of carbonyl (C=O) groups excluding carboxylic acids is 4. The Morgan fingerprint density at radius 2 is 1.57 bits per heavy atom. The highest BCUT2D eigenvalue weighted by atomic mass is 19.1. The van der Waals surface area contributed by atoms with Crippen LogP contribution in [0.25, 0.3) is 0 Å². The van der Waals surface area contributed by atoms with Gasteiger partial charge in [0.25, 0.3) is 10.2 Å². The number of ether oxygens (including phenoxy) is 4. The van der Waals surface area contributed by atoms with E-state index in [9.17, 15) is 49.6 Å². The maximum absolute atomic E-state index is 17.6. The van der Waals surface area contributed by atoms with Gasteiger partial charge in [-0.1, -0.05) is 13.0 Å². The quantitative estimate of drug-likeness (QED) is 0.0859. The molecule has 0 aliphatic heterocycles. The normalized spacial score (nSPS) is 35.1. The van der Waals surface area contributed by atoms with Crippen molar-refractivity contribution in [3.8, 4) is 0 Å². The van der Waals surface area contributed by atoms with Gasteiger partial charge in [0.2, 0.25) is 11.4 Å². The van der Waals surface area contributed by atoms with Gasteiger partial charge in [-0.2, -0.15) is 0 Å². The van der Waals surface area contributed by atoms with E-state index in [0.29, 0.717) is 0 Å². The second kappa shape index (κ2) is 15.6. The standard InChI is InChI=1S/C31H40F2N2O16/c1-28-6-5-18(36)12-21(28)22(32)13-20-19-14-23(37)31(29(19,2)15-24(38)30(20,28)33,51-26(40)4-3-7-49-34(42)43)25(39)16-48-27(41)17-47-9-8-46-10-11-50-35(44)45/h5-6,12,19-20,22-24,37-38H,3-4,7-11,13-17H2,1-2H3/t19?,20?,22-,23+,24-,28-,29-,30-,31-/m0/s1. The maximum Gasteiger partial charge on any atom is 0.332 e. The van der Waals surface area contributed by atoms with Gasteiger partial charge in [0.15, 0.2) is 18.1 Å². The lowest BCUT2D eigenvalue weighted by molar-refractivity contribution is -0.758. The predicted octanol–water partition coefficient (Wildman–Crippen LogP) is 0.900. The van der Waals surface area contributed by atoms with E-state index in [2.05, 4.69) is 9.68 Å². The highest BCUT2D eigenvalue weighted by molar-refractivity contribution is 6.01. The Morgan fingerprint density at radius 3 is 2.25 bits per heavy atom. The summed E-state index contributed by atoms with van der Waals surface area (Å²) >= 11 is 0. The zero-order valence-corrected chi connectivity index (χ0v) is 27.9. The molecule has 20 heteroatoms. The number of hydrogen-bond donors (Lipinski definition) is 2. The summed E-state index contributed by atoms with van der Waals surface area (Å²) in [5.41, 5.74) is -8.82. The van der Waals surface area contributed by atoms with Gasteiger partial charge in [-0.3, -0.25) is 14.4 Å². The van der Waals surface area contributed by atoms with Crippen molar-refractivity contribution in [3.63, 3.8) is 0 Å². The first kappa shape index (κ1) is 39.6. The highest BCUT2D eigenvalue weighted by Gasteiger charge is 2.78. The Labute approximate surface area is 289 Å². The fourth-order valence-electron chi connectivity index (χ4n) is 8.38. The molecule has 0 aromatic heterocycles. The number of allylic oxidation sites excluding steroid dienone is 4. The molecule has 3 saturated carbocycles. The molecule has 18 nitrogen and oxygen atoms in total. The van der Waals surface area contributed by atoms with E-state index < -0.39 is 131 Å². The van der Waals surface area contributed by atoms with Crippen LogP contribution in [-0.4, -0.2) is 120 Å². The Morgan fingerprint density at radius 1 is 0.922 bits per heavy atom. The van der Waals surface area contributed by atoms with Crippen LogP contribution in [0.15, 0.2) is 23.8 Å². The van der Waals surface area contributed by atoms with Crippen LogP contribution in [0.4, 0.5) is 8.78 Å². The first-order chi connectivity index (χ1) is 23.9.